The van der Waals surface area contributed by atoms with Crippen LogP contribution in [0.25, 0.3) is 0 Å². The van der Waals surface area contributed by atoms with E-state index in [1.807, 2.05) is 89.2 Å². The fourth-order valence-electron chi connectivity index (χ4n) is 5.70. The number of nitrogens with zero attached hydrogens (tertiary/aromatic N) is 2. The highest BCUT2D eigenvalue weighted by Crippen LogP contribution is 2.43. The molecule has 0 unspecified atom stereocenters. The van der Waals surface area contributed by atoms with Crippen LogP contribution in [0.3, 0.4) is 0 Å². The first kappa shape index (κ1) is 28.3. The second-order valence-electron chi connectivity index (χ2n) is 11.6. The molecule has 0 bridgehead atoms. The van der Waals surface area contributed by atoms with Gasteiger partial charge in [-0.2, -0.15) is 0 Å². The average Bonchev–Trinajstić information content (AvgIpc) is 3.71. The van der Waals surface area contributed by atoms with Crippen molar-refractivity contribution in [3.63, 3.8) is 0 Å². The summed E-state index contributed by atoms with van der Waals surface area (Å²) in [6.07, 6.45) is 0.691. The highest BCUT2D eigenvalue weighted by Gasteiger charge is 2.51. The van der Waals surface area contributed by atoms with Gasteiger partial charge in [-0.15, -0.1) is 0 Å². The number of oxime groups is 1. The van der Waals surface area contributed by atoms with Gasteiger partial charge < -0.3 is 28.8 Å². The van der Waals surface area contributed by atoms with Gasteiger partial charge in [-0.3, -0.25) is 0 Å². The minimum absolute atomic E-state index is 0.278. The molecular weight excluding hydrogens is 530 g/mol. The van der Waals surface area contributed by atoms with Gasteiger partial charge in [-0.1, -0.05) is 96.2 Å². The summed E-state index contributed by atoms with van der Waals surface area (Å²) in [5, 5.41) is 4.69. The van der Waals surface area contributed by atoms with Gasteiger partial charge in [0.2, 0.25) is 5.60 Å². The lowest BCUT2D eigenvalue weighted by molar-refractivity contribution is -0.174. The number of hydrogen-bond acceptors (Lipinski definition) is 7. The monoisotopic (exact) mass is 567 g/mol. The fourth-order valence-corrected chi connectivity index (χ4v) is 5.70. The number of nitrogens with one attached hydrogen (secondary N) is 1. The van der Waals surface area contributed by atoms with Crippen LogP contribution in [0.2, 0.25) is 0 Å². The summed E-state index contributed by atoms with van der Waals surface area (Å²) < 4.78 is 24.5. The van der Waals surface area contributed by atoms with Gasteiger partial charge in [0.05, 0.1) is 18.5 Å². The Kier molecular flexibility index (Phi) is 7.49. The van der Waals surface area contributed by atoms with Gasteiger partial charge in [0.15, 0.2) is 17.4 Å². The zero-order valence-electron chi connectivity index (χ0n) is 24.6. The molecule has 2 aliphatic heterocycles. The molecule has 1 N–H and O–H groups in total. The number of benzene rings is 3. The summed E-state index contributed by atoms with van der Waals surface area (Å²) in [4.78, 5) is 14.7. The van der Waals surface area contributed by atoms with Crippen LogP contribution in [-0.4, -0.2) is 46.1 Å². The first-order valence-electron chi connectivity index (χ1n) is 14.3. The summed E-state index contributed by atoms with van der Waals surface area (Å²) >= 11 is 0. The van der Waals surface area contributed by atoms with Crippen molar-refractivity contribution >= 4 is 5.71 Å². The predicted octanol–water partition coefficient (Wildman–Crippen LogP) is 6.49. The second-order valence-corrected chi connectivity index (χ2v) is 11.6. The third kappa shape index (κ3) is 5.51. The van der Waals surface area contributed by atoms with E-state index in [-0.39, 0.29) is 12.2 Å². The molecule has 4 aromatic rings. The molecule has 2 fully saturated rings. The Hall–Kier alpha value is -3.82. The number of imidazole rings is 1. The number of hydrogen-bond donors (Lipinski definition) is 1. The molecule has 1 aromatic heterocycles. The van der Waals surface area contributed by atoms with Crippen LogP contribution in [0.1, 0.15) is 68.9 Å². The Balaban J connectivity index is 1.33. The lowest BCUT2D eigenvalue weighted by Gasteiger charge is -2.33. The molecule has 0 radical (unpaired) electrons. The largest absolute Gasteiger partial charge is 0.374 e. The Morgan fingerprint density at radius 3 is 1.86 bits per heavy atom. The summed E-state index contributed by atoms with van der Waals surface area (Å²) in [7, 11) is 0. The molecule has 0 saturated carbocycles. The van der Waals surface area contributed by atoms with E-state index >= 15 is 0 Å². The first-order valence-corrected chi connectivity index (χ1v) is 14.3. The van der Waals surface area contributed by atoms with Gasteiger partial charge in [0.1, 0.15) is 24.0 Å². The molecule has 0 spiro atoms. The van der Waals surface area contributed by atoms with Crippen molar-refractivity contribution in [2.45, 2.75) is 70.1 Å². The van der Waals surface area contributed by atoms with E-state index in [0.29, 0.717) is 18.1 Å². The summed E-state index contributed by atoms with van der Waals surface area (Å²) in [6, 6.07) is 30.4. The Morgan fingerprint density at radius 2 is 1.36 bits per heavy atom. The number of aromatic amines is 1. The van der Waals surface area contributed by atoms with E-state index in [9.17, 15) is 0 Å². The summed E-state index contributed by atoms with van der Waals surface area (Å²) in [6.45, 7) is 9.89. The van der Waals surface area contributed by atoms with Crippen molar-refractivity contribution in [3.8, 4) is 0 Å². The molecule has 0 amide bonds. The van der Waals surface area contributed by atoms with E-state index < -0.39 is 23.3 Å². The second kappa shape index (κ2) is 11.1. The van der Waals surface area contributed by atoms with E-state index in [1.54, 1.807) is 6.20 Å². The molecule has 0 aliphatic carbocycles. The highest BCUT2D eigenvalue weighted by molar-refractivity contribution is 5.95. The maximum absolute atomic E-state index is 6.63. The Bertz CT molecular complexity index is 1420. The average molecular weight is 568 g/mol. The van der Waals surface area contributed by atoms with Crippen LogP contribution in [-0.2, 0) is 29.4 Å². The smallest absolute Gasteiger partial charge is 0.212 e. The van der Waals surface area contributed by atoms with Crippen LogP contribution in [0.15, 0.2) is 102 Å². The zero-order chi connectivity index (χ0) is 29.4. The molecule has 8 nitrogen and oxygen atoms in total. The van der Waals surface area contributed by atoms with Crippen LogP contribution in [0.4, 0.5) is 0 Å². The normalized spacial score (nSPS) is 23.6. The van der Waals surface area contributed by atoms with Crippen molar-refractivity contribution in [2.75, 3.05) is 6.61 Å². The van der Waals surface area contributed by atoms with Gasteiger partial charge in [-0.25, -0.2) is 4.98 Å². The van der Waals surface area contributed by atoms with Crippen molar-refractivity contribution < 1.29 is 23.8 Å². The van der Waals surface area contributed by atoms with E-state index in [0.717, 1.165) is 22.4 Å². The van der Waals surface area contributed by atoms with Gasteiger partial charge >= 0.3 is 0 Å². The molecule has 3 aromatic carbocycles. The maximum Gasteiger partial charge on any atom is 0.212 e. The molecule has 6 rings (SSSR count). The molecule has 8 heteroatoms. The minimum atomic E-state index is -0.982. The number of aromatic nitrogens is 2. The van der Waals surface area contributed by atoms with Crippen molar-refractivity contribution in [1.29, 1.82) is 0 Å². The maximum atomic E-state index is 6.63. The molecule has 2 aliphatic rings. The molecule has 3 heterocycles. The number of rotatable bonds is 8. The van der Waals surface area contributed by atoms with Gasteiger partial charge in [-0.05, 0) is 34.6 Å². The Labute approximate surface area is 246 Å². The predicted molar refractivity (Wildman–Crippen MR) is 159 cm³/mol. The SMILES string of the molecule is CC(=NOC(c1ccccc1)(c1ccccc1)c1ccccc1)c1ncc([C@H]2OC(C)(C)O[C@@H]2[C@H]2COC(C)(C)O2)[nH]1. The van der Waals surface area contributed by atoms with Crippen molar-refractivity contribution in [1.82, 2.24) is 9.97 Å². The fraction of sp³-hybridized carbons (Fsp3) is 0.353. The number of H-pyrrole nitrogens is 1. The van der Waals surface area contributed by atoms with Crippen molar-refractivity contribution in [3.05, 3.63) is 125 Å². The Morgan fingerprint density at radius 1 is 0.810 bits per heavy atom. The minimum Gasteiger partial charge on any atom is -0.374 e. The lowest BCUT2D eigenvalue weighted by Crippen LogP contribution is -2.35. The third-order valence-electron chi connectivity index (χ3n) is 7.63. The lowest BCUT2D eigenvalue weighted by atomic mass is 9.80. The van der Waals surface area contributed by atoms with Gasteiger partial charge in [0.25, 0.3) is 0 Å². The molecular formula is C34H37N3O5. The molecule has 2 saturated heterocycles. The van der Waals surface area contributed by atoms with E-state index in [4.69, 9.17) is 23.8 Å². The van der Waals surface area contributed by atoms with Gasteiger partial charge in [0, 0.05) is 16.7 Å². The topological polar surface area (TPSA) is 87.2 Å². The van der Waals surface area contributed by atoms with E-state index in [1.165, 1.54) is 0 Å². The summed E-state index contributed by atoms with van der Waals surface area (Å²) in [5.74, 6) is -0.888. The van der Waals surface area contributed by atoms with E-state index in [2.05, 4.69) is 51.5 Å². The van der Waals surface area contributed by atoms with Crippen LogP contribution >= 0.6 is 0 Å². The zero-order valence-corrected chi connectivity index (χ0v) is 24.6. The van der Waals surface area contributed by atoms with Crippen molar-refractivity contribution in [2.24, 2.45) is 5.16 Å². The van der Waals surface area contributed by atoms with Crippen LogP contribution in [0, 0.1) is 0 Å². The molecule has 42 heavy (non-hydrogen) atoms. The summed E-state index contributed by atoms with van der Waals surface area (Å²) in [5.41, 5.74) is 3.26. The third-order valence-corrected chi connectivity index (χ3v) is 7.63. The quantitative estimate of drug-likeness (QED) is 0.149. The highest BCUT2D eigenvalue weighted by atomic mass is 16.8. The van der Waals surface area contributed by atoms with Crippen LogP contribution in [0.5, 0.6) is 0 Å². The first-order chi connectivity index (χ1) is 20.2. The van der Waals surface area contributed by atoms with Crippen LogP contribution < -0.4 is 0 Å². The standard InChI is InChI=1S/C34H37N3O5/c1-23(31-35-21-27(36-31)29-30(41-33(4,5)40-29)28-22-38-32(2,3)39-28)37-42-34(24-15-9-6-10-16-24,25-17-11-7-12-18-25)26-19-13-8-14-20-26/h6-21,28-30H,22H2,1-5H3,(H,35,36)/t28-,29-,30-/m1/s1. The number of ether oxygens (including phenoxy) is 4. The molecule has 3 atom stereocenters. The molecule has 218 valence electrons.